The van der Waals surface area contributed by atoms with E-state index < -0.39 is 0 Å². The summed E-state index contributed by atoms with van der Waals surface area (Å²) in [4.78, 5) is 11.3. The Bertz CT molecular complexity index is 196. The molecule has 0 bridgehead atoms. The van der Waals surface area contributed by atoms with Crippen LogP contribution < -0.4 is 16.0 Å². The Kier molecular flexibility index (Phi) is 7.10. The predicted octanol–water partition coefficient (Wildman–Crippen LogP) is 0.385. The number of likely N-dealkylation sites (N-methyl/N-ethyl adjacent to an activating group) is 1. The summed E-state index contributed by atoms with van der Waals surface area (Å²) in [6.07, 6.45) is 1.01. The molecule has 3 N–H and O–H groups in total. The van der Waals surface area contributed by atoms with Crippen LogP contribution in [0.5, 0.6) is 0 Å². The monoisotopic (exact) mass is 217 g/mol. The lowest BCUT2D eigenvalue weighted by Gasteiger charge is -2.15. The summed E-state index contributed by atoms with van der Waals surface area (Å²) < 4.78 is 0. The number of hydrogen-bond acceptors (Lipinski definition) is 2. The Labute approximate surface area is 90.8 Å². The highest BCUT2D eigenvalue weighted by atomic mass is 32.1. The SMILES string of the molecule is CCCNC(=S)NC(C)C(=O)NCC. The minimum atomic E-state index is -0.285. The molecule has 1 unspecified atom stereocenters. The molecule has 0 fully saturated rings. The molecule has 1 atom stereocenters. The lowest BCUT2D eigenvalue weighted by atomic mass is 10.3. The maximum absolute atomic E-state index is 11.3. The Morgan fingerprint density at radius 1 is 1.36 bits per heavy atom. The molecule has 0 radical (unpaired) electrons. The molecule has 0 aliphatic heterocycles. The van der Waals surface area contributed by atoms with Gasteiger partial charge in [0.2, 0.25) is 5.91 Å². The minimum absolute atomic E-state index is 0.0341. The van der Waals surface area contributed by atoms with Gasteiger partial charge in [-0.3, -0.25) is 4.79 Å². The number of amides is 1. The highest BCUT2D eigenvalue weighted by Crippen LogP contribution is 1.82. The molecule has 1 amide bonds. The fourth-order valence-corrected chi connectivity index (χ4v) is 1.16. The summed E-state index contributed by atoms with van der Waals surface area (Å²) in [6, 6.07) is -0.285. The van der Waals surface area contributed by atoms with E-state index in [1.54, 1.807) is 6.92 Å². The third-order valence-corrected chi connectivity index (χ3v) is 1.89. The number of carbonyl (C=O) groups is 1. The van der Waals surface area contributed by atoms with Crippen molar-refractivity contribution in [3.8, 4) is 0 Å². The van der Waals surface area contributed by atoms with Gasteiger partial charge in [-0.2, -0.15) is 0 Å². The summed E-state index contributed by atoms with van der Waals surface area (Å²) in [5, 5.41) is 9.16. The van der Waals surface area contributed by atoms with Crippen LogP contribution in [0.2, 0.25) is 0 Å². The average molecular weight is 217 g/mol. The van der Waals surface area contributed by atoms with E-state index in [4.69, 9.17) is 12.2 Å². The van der Waals surface area contributed by atoms with Crippen molar-refractivity contribution >= 4 is 23.2 Å². The molecule has 0 saturated heterocycles. The van der Waals surface area contributed by atoms with Gasteiger partial charge in [0.15, 0.2) is 5.11 Å². The Morgan fingerprint density at radius 3 is 2.50 bits per heavy atom. The molecule has 4 nitrogen and oxygen atoms in total. The molecule has 82 valence electrons. The quantitative estimate of drug-likeness (QED) is 0.583. The van der Waals surface area contributed by atoms with Gasteiger partial charge in [-0.15, -0.1) is 0 Å². The summed E-state index contributed by atoms with van der Waals surface area (Å²) in [6.45, 7) is 7.19. The van der Waals surface area contributed by atoms with E-state index in [2.05, 4.69) is 22.9 Å². The molecule has 0 rings (SSSR count). The van der Waals surface area contributed by atoms with Crippen LogP contribution in [-0.4, -0.2) is 30.2 Å². The van der Waals surface area contributed by atoms with Gasteiger partial charge in [0.1, 0.15) is 6.04 Å². The first-order valence-corrected chi connectivity index (χ1v) is 5.34. The van der Waals surface area contributed by atoms with Gasteiger partial charge in [-0.1, -0.05) is 6.92 Å². The van der Waals surface area contributed by atoms with Crippen molar-refractivity contribution in [1.82, 2.24) is 16.0 Å². The van der Waals surface area contributed by atoms with Gasteiger partial charge in [-0.05, 0) is 32.5 Å². The molecule has 0 aliphatic rings. The third kappa shape index (κ3) is 5.75. The van der Waals surface area contributed by atoms with Gasteiger partial charge >= 0.3 is 0 Å². The molecule has 0 aromatic rings. The van der Waals surface area contributed by atoms with Crippen LogP contribution >= 0.6 is 12.2 Å². The van der Waals surface area contributed by atoms with E-state index in [1.807, 2.05) is 6.92 Å². The van der Waals surface area contributed by atoms with Crippen LogP contribution in [0.1, 0.15) is 27.2 Å². The van der Waals surface area contributed by atoms with Crippen LogP contribution in [0.3, 0.4) is 0 Å². The topological polar surface area (TPSA) is 53.2 Å². The first kappa shape index (κ1) is 13.2. The molecule has 0 spiro atoms. The molecular weight excluding hydrogens is 198 g/mol. The minimum Gasteiger partial charge on any atom is -0.363 e. The van der Waals surface area contributed by atoms with Gasteiger partial charge in [0, 0.05) is 13.1 Å². The van der Waals surface area contributed by atoms with E-state index in [0.717, 1.165) is 13.0 Å². The van der Waals surface area contributed by atoms with Crippen molar-refractivity contribution in [2.75, 3.05) is 13.1 Å². The van der Waals surface area contributed by atoms with Gasteiger partial charge in [0.25, 0.3) is 0 Å². The summed E-state index contributed by atoms with van der Waals surface area (Å²) >= 11 is 5.00. The third-order valence-electron chi connectivity index (χ3n) is 1.63. The van der Waals surface area contributed by atoms with Crippen LogP contribution in [0.4, 0.5) is 0 Å². The zero-order valence-electron chi connectivity index (χ0n) is 9.02. The molecule has 0 heterocycles. The Balaban J connectivity index is 3.75. The smallest absolute Gasteiger partial charge is 0.242 e. The number of rotatable bonds is 5. The second kappa shape index (κ2) is 7.55. The molecule has 5 heteroatoms. The highest BCUT2D eigenvalue weighted by molar-refractivity contribution is 7.80. The summed E-state index contributed by atoms with van der Waals surface area (Å²) in [7, 11) is 0. The first-order chi connectivity index (χ1) is 6.61. The van der Waals surface area contributed by atoms with E-state index in [1.165, 1.54) is 0 Å². The van der Waals surface area contributed by atoms with Crippen molar-refractivity contribution < 1.29 is 4.79 Å². The van der Waals surface area contributed by atoms with Gasteiger partial charge < -0.3 is 16.0 Å². The summed E-state index contributed by atoms with van der Waals surface area (Å²) in [5.74, 6) is -0.0341. The van der Waals surface area contributed by atoms with E-state index in [-0.39, 0.29) is 11.9 Å². The van der Waals surface area contributed by atoms with Crippen LogP contribution in [0.25, 0.3) is 0 Å². The maximum Gasteiger partial charge on any atom is 0.242 e. The van der Waals surface area contributed by atoms with Crippen molar-refractivity contribution in [2.45, 2.75) is 33.2 Å². The normalized spacial score (nSPS) is 11.6. The van der Waals surface area contributed by atoms with Crippen LogP contribution in [0.15, 0.2) is 0 Å². The molecule has 0 aromatic heterocycles. The number of nitrogens with one attached hydrogen (secondary N) is 3. The van der Waals surface area contributed by atoms with Gasteiger partial charge in [0.05, 0.1) is 0 Å². The van der Waals surface area contributed by atoms with Crippen molar-refractivity contribution in [3.63, 3.8) is 0 Å². The second-order valence-electron chi connectivity index (χ2n) is 3.02. The van der Waals surface area contributed by atoms with Crippen LogP contribution in [-0.2, 0) is 4.79 Å². The zero-order chi connectivity index (χ0) is 11.0. The zero-order valence-corrected chi connectivity index (χ0v) is 9.83. The van der Waals surface area contributed by atoms with E-state index in [9.17, 15) is 4.79 Å². The molecule has 0 aliphatic carbocycles. The van der Waals surface area contributed by atoms with Crippen molar-refractivity contribution in [2.24, 2.45) is 0 Å². The first-order valence-electron chi connectivity index (χ1n) is 4.93. The standard InChI is InChI=1S/C9H19N3OS/c1-4-6-11-9(14)12-7(3)8(13)10-5-2/h7H,4-6H2,1-3H3,(H,10,13)(H2,11,12,14). The Hall–Kier alpha value is -0.840. The average Bonchev–Trinajstić information content (AvgIpc) is 2.15. The number of carbonyl (C=O) groups excluding carboxylic acids is 1. The molecule has 0 aromatic carbocycles. The molecule has 14 heavy (non-hydrogen) atoms. The predicted molar refractivity (Wildman–Crippen MR) is 62.2 cm³/mol. The Morgan fingerprint density at radius 2 is 2.00 bits per heavy atom. The van der Waals surface area contributed by atoms with Crippen molar-refractivity contribution in [3.05, 3.63) is 0 Å². The van der Waals surface area contributed by atoms with Gasteiger partial charge in [-0.25, -0.2) is 0 Å². The largest absolute Gasteiger partial charge is 0.363 e. The van der Waals surface area contributed by atoms with Crippen LogP contribution in [0, 0.1) is 0 Å². The summed E-state index contributed by atoms with van der Waals surface area (Å²) in [5.41, 5.74) is 0. The van der Waals surface area contributed by atoms with E-state index >= 15 is 0 Å². The number of thiocarbonyl (C=S) groups is 1. The molecular formula is C9H19N3OS. The lowest BCUT2D eigenvalue weighted by molar-refractivity contribution is -0.122. The highest BCUT2D eigenvalue weighted by Gasteiger charge is 2.11. The lowest BCUT2D eigenvalue weighted by Crippen LogP contribution is -2.48. The van der Waals surface area contributed by atoms with Crippen molar-refractivity contribution in [1.29, 1.82) is 0 Å². The fraction of sp³-hybridized carbons (Fsp3) is 0.778. The maximum atomic E-state index is 11.3. The molecule has 0 saturated carbocycles. The second-order valence-corrected chi connectivity index (χ2v) is 3.42. The fourth-order valence-electron chi connectivity index (χ4n) is 0.879. The number of hydrogen-bond donors (Lipinski definition) is 3. The van der Waals surface area contributed by atoms with E-state index in [0.29, 0.717) is 11.7 Å².